The average Bonchev–Trinajstić information content (AvgIpc) is 2.37. The molecule has 0 saturated carbocycles. The molecule has 0 aromatic carbocycles. The molecule has 0 atom stereocenters. The van der Waals surface area contributed by atoms with Crippen molar-refractivity contribution in [1.82, 2.24) is 9.88 Å². The van der Waals surface area contributed by atoms with Gasteiger partial charge in [0.2, 0.25) is 0 Å². The van der Waals surface area contributed by atoms with E-state index in [4.69, 9.17) is 0 Å². The lowest BCUT2D eigenvalue weighted by molar-refractivity contribution is 0.0577. The van der Waals surface area contributed by atoms with Gasteiger partial charge in [0.05, 0.1) is 11.9 Å². The Morgan fingerprint density at radius 2 is 2.22 bits per heavy atom. The number of pyridine rings is 1. The number of nitrogens with one attached hydrogen (secondary N) is 1. The summed E-state index contributed by atoms with van der Waals surface area (Å²) >= 11 is 0. The molecule has 1 aromatic rings. The predicted octanol–water partition coefficient (Wildman–Crippen LogP) is 2.39. The summed E-state index contributed by atoms with van der Waals surface area (Å²) in [5.74, 6) is 0.0467. The molecule has 1 aliphatic heterocycles. The first-order valence-corrected chi connectivity index (χ1v) is 6.45. The summed E-state index contributed by atoms with van der Waals surface area (Å²) < 4.78 is 0. The van der Waals surface area contributed by atoms with Crippen LogP contribution >= 0.6 is 0 Å². The lowest BCUT2D eigenvalue weighted by atomic mass is 9.84. The van der Waals surface area contributed by atoms with Gasteiger partial charge < -0.3 is 10.2 Å². The van der Waals surface area contributed by atoms with Crippen molar-refractivity contribution in [3.05, 3.63) is 24.0 Å². The Bertz CT molecular complexity index is 425. The Morgan fingerprint density at radius 1 is 1.44 bits per heavy atom. The molecule has 2 heterocycles. The molecule has 0 bridgehead atoms. The van der Waals surface area contributed by atoms with Crippen molar-refractivity contribution in [1.29, 1.82) is 0 Å². The molecule has 0 unspecified atom stereocenters. The smallest absolute Gasteiger partial charge is 0.272 e. The summed E-state index contributed by atoms with van der Waals surface area (Å²) in [5.41, 5.74) is 1.68. The van der Waals surface area contributed by atoms with E-state index in [9.17, 15) is 4.79 Å². The predicted molar refractivity (Wildman–Crippen MR) is 72.7 cm³/mol. The summed E-state index contributed by atoms with van der Waals surface area (Å²) in [6.07, 6.45) is 3.96. The van der Waals surface area contributed by atoms with Crippen LogP contribution < -0.4 is 5.32 Å². The van der Waals surface area contributed by atoms with Crippen LogP contribution in [0, 0.1) is 5.41 Å². The van der Waals surface area contributed by atoms with Crippen molar-refractivity contribution in [3.63, 3.8) is 0 Å². The van der Waals surface area contributed by atoms with E-state index in [1.165, 1.54) is 6.42 Å². The first-order valence-electron chi connectivity index (χ1n) is 6.45. The molecule has 2 rings (SSSR count). The second-order valence-electron chi connectivity index (χ2n) is 5.68. The molecular formula is C14H21N3O. The van der Waals surface area contributed by atoms with E-state index >= 15 is 0 Å². The maximum atomic E-state index is 12.3. The molecule has 4 heteroatoms. The minimum Gasteiger partial charge on any atom is -0.387 e. The zero-order valence-corrected chi connectivity index (χ0v) is 11.4. The van der Waals surface area contributed by atoms with Crippen LogP contribution in [0.3, 0.4) is 0 Å². The van der Waals surface area contributed by atoms with Crippen molar-refractivity contribution in [2.45, 2.75) is 26.7 Å². The third-order valence-corrected chi connectivity index (χ3v) is 3.46. The standard InChI is InChI=1S/C14H21N3O/c1-14(2)7-4-8-17(10-14)13(18)12-6-5-11(15-3)9-16-12/h5-6,9,15H,4,7-8,10H2,1-3H3. The van der Waals surface area contributed by atoms with Crippen LogP contribution in [0.5, 0.6) is 0 Å². The van der Waals surface area contributed by atoms with Crippen LogP contribution in [0.4, 0.5) is 5.69 Å². The van der Waals surface area contributed by atoms with Crippen LogP contribution in [-0.2, 0) is 0 Å². The maximum absolute atomic E-state index is 12.3. The number of amides is 1. The normalized spacial score (nSPS) is 18.5. The van der Waals surface area contributed by atoms with Crippen molar-refractivity contribution in [2.75, 3.05) is 25.5 Å². The van der Waals surface area contributed by atoms with Crippen LogP contribution in [0.2, 0.25) is 0 Å². The lowest BCUT2D eigenvalue weighted by Crippen LogP contribution is -2.43. The number of anilines is 1. The molecule has 1 aliphatic rings. The maximum Gasteiger partial charge on any atom is 0.272 e. The third kappa shape index (κ3) is 2.81. The van der Waals surface area contributed by atoms with Gasteiger partial charge in [0.1, 0.15) is 5.69 Å². The first-order chi connectivity index (χ1) is 8.52. The van der Waals surface area contributed by atoms with Crippen molar-refractivity contribution >= 4 is 11.6 Å². The zero-order valence-electron chi connectivity index (χ0n) is 11.4. The van der Waals surface area contributed by atoms with Gasteiger partial charge in [-0.15, -0.1) is 0 Å². The number of likely N-dealkylation sites (tertiary alicyclic amines) is 1. The molecule has 1 N–H and O–H groups in total. The Kier molecular flexibility index (Phi) is 3.55. The number of hydrogen-bond donors (Lipinski definition) is 1. The van der Waals surface area contributed by atoms with Gasteiger partial charge in [0.15, 0.2) is 0 Å². The summed E-state index contributed by atoms with van der Waals surface area (Å²) in [6, 6.07) is 3.67. The van der Waals surface area contributed by atoms with Crippen molar-refractivity contribution < 1.29 is 4.79 Å². The summed E-state index contributed by atoms with van der Waals surface area (Å²) in [5, 5.41) is 3.00. The van der Waals surface area contributed by atoms with E-state index in [-0.39, 0.29) is 11.3 Å². The van der Waals surface area contributed by atoms with Crippen molar-refractivity contribution in [3.8, 4) is 0 Å². The Balaban J connectivity index is 2.10. The first kappa shape index (κ1) is 12.9. The minimum absolute atomic E-state index is 0.0467. The zero-order chi connectivity index (χ0) is 13.2. The molecule has 98 valence electrons. The van der Waals surface area contributed by atoms with E-state index in [2.05, 4.69) is 24.1 Å². The van der Waals surface area contributed by atoms with E-state index in [0.29, 0.717) is 5.69 Å². The summed E-state index contributed by atoms with van der Waals surface area (Å²) in [4.78, 5) is 18.5. The Labute approximate surface area is 108 Å². The highest BCUT2D eigenvalue weighted by molar-refractivity contribution is 5.92. The van der Waals surface area contributed by atoms with Gasteiger partial charge in [-0.2, -0.15) is 0 Å². The second kappa shape index (κ2) is 4.96. The molecule has 1 fully saturated rings. The highest BCUT2D eigenvalue weighted by Gasteiger charge is 2.29. The van der Waals surface area contributed by atoms with E-state index in [0.717, 1.165) is 25.2 Å². The fraction of sp³-hybridized carbons (Fsp3) is 0.571. The number of nitrogens with zero attached hydrogens (tertiary/aromatic N) is 2. The van der Waals surface area contributed by atoms with Gasteiger partial charge in [-0.25, -0.2) is 4.98 Å². The summed E-state index contributed by atoms with van der Waals surface area (Å²) in [7, 11) is 1.84. The molecular weight excluding hydrogens is 226 g/mol. The number of carbonyl (C=O) groups excluding carboxylic acids is 1. The Morgan fingerprint density at radius 3 is 2.78 bits per heavy atom. The van der Waals surface area contributed by atoms with Gasteiger partial charge in [-0.1, -0.05) is 13.8 Å². The number of rotatable bonds is 2. The molecule has 0 aliphatic carbocycles. The van der Waals surface area contributed by atoms with Crippen LogP contribution in [0.1, 0.15) is 37.2 Å². The largest absolute Gasteiger partial charge is 0.387 e. The van der Waals surface area contributed by atoms with Crippen LogP contribution in [0.15, 0.2) is 18.3 Å². The lowest BCUT2D eigenvalue weighted by Gasteiger charge is -2.37. The molecule has 0 spiro atoms. The van der Waals surface area contributed by atoms with Gasteiger partial charge in [0.25, 0.3) is 5.91 Å². The highest BCUT2D eigenvalue weighted by atomic mass is 16.2. The monoisotopic (exact) mass is 247 g/mol. The van der Waals surface area contributed by atoms with E-state index < -0.39 is 0 Å². The van der Waals surface area contributed by atoms with Gasteiger partial charge in [-0.3, -0.25) is 4.79 Å². The average molecular weight is 247 g/mol. The van der Waals surface area contributed by atoms with E-state index in [1.54, 1.807) is 12.3 Å². The highest BCUT2D eigenvalue weighted by Crippen LogP contribution is 2.29. The molecule has 1 saturated heterocycles. The van der Waals surface area contributed by atoms with Gasteiger partial charge in [0, 0.05) is 20.1 Å². The van der Waals surface area contributed by atoms with Gasteiger partial charge >= 0.3 is 0 Å². The Hall–Kier alpha value is -1.58. The van der Waals surface area contributed by atoms with Gasteiger partial charge in [-0.05, 0) is 30.4 Å². The number of carbonyl (C=O) groups is 1. The van der Waals surface area contributed by atoms with E-state index in [1.807, 2.05) is 18.0 Å². The topological polar surface area (TPSA) is 45.2 Å². The quantitative estimate of drug-likeness (QED) is 0.872. The number of piperidine rings is 1. The SMILES string of the molecule is CNc1ccc(C(=O)N2CCCC(C)(C)C2)nc1. The third-order valence-electron chi connectivity index (χ3n) is 3.46. The number of aromatic nitrogens is 1. The van der Waals surface area contributed by atoms with Crippen LogP contribution in [-0.4, -0.2) is 35.9 Å². The molecule has 1 aromatic heterocycles. The molecule has 1 amide bonds. The fourth-order valence-corrected chi connectivity index (χ4v) is 2.43. The molecule has 4 nitrogen and oxygen atoms in total. The molecule has 18 heavy (non-hydrogen) atoms. The second-order valence-corrected chi connectivity index (χ2v) is 5.68. The van der Waals surface area contributed by atoms with Crippen LogP contribution in [0.25, 0.3) is 0 Å². The van der Waals surface area contributed by atoms with Crippen molar-refractivity contribution in [2.24, 2.45) is 5.41 Å². The summed E-state index contributed by atoms with van der Waals surface area (Å²) in [6.45, 7) is 6.09. The number of hydrogen-bond acceptors (Lipinski definition) is 3. The fourth-order valence-electron chi connectivity index (χ4n) is 2.43. The molecule has 0 radical (unpaired) electrons. The minimum atomic E-state index is 0.0467.